The molecule has 0 spiro atoms. The van der Waals surface area contributed by atoms with Gasteiger partial charge < -0.3 is 4.74 Å². The molecular formula is C16H20BrNO3. The van der Waals surface area contributed by atoms with Crippen molar-refractivity contribution < 1.29 is 14.3 Å². The summed E-state index contributed by atoms with van der Waals surface area (Å²) in [5.41, 5.74) is 0.156. The van der Waals surface area contributed by atoms with Crippen LogP contribution in [0.15, 0.2) is 28.7 Å². The number of benzene rings is 1. The van der Waals surface area contributed by atoms with E-state index in [4.69, 9.17) is 4.74 Å². The molecule has 1 fully saturated rings. The molecule has 0 aliphatic carbocycles. The van der Waals surface area contributed by atoms with Gasteiger partial charge in [-0.1, -0.05) is 28.1 Å². The minimum atomic E-state index is -0.532. The molecule has 5 heteroatoms. The van der Waals surface area contributed by atoms with Crippen molar-refractivity contribution in [1.29, 1.82) is 0 Å². The molecule has 1 aliphatic rings. The van der Waals surface area contributed by atoms with Crippen LogP contribution in [0.1, 0.15) is 37.6 Å². The molecule has 1 saturated heterocycles. The van der Waals surface area contributed by atoms with Crippen molar-refractivity contribution in [3.05, 3.63) is 34.3 Å². The minimum absolute atomic E-state index is 0.0873. The molecule has 114 valence electrons. The van der Waals surface area contributed by atoms with Crippen LogP contribution >= 0.6 is 15.9 Å². The summed E-state index contributed by atoms with van der Waals surface area (Å²) >= 11 is 3.35. The van der Waals surface area contributed by atoms with Gasteiger partial charge in [-0.2, -0.15) is 0 Å². The lowest BCUT2D eigenvalue weighted by Gasteiger charge is -2.20. The van der Waals surface area contributed by atoms with Crippen LogP contribution in [0.3, 0.4) is 0 Å². The van der Waals surface area contributed by atoms with Crippen molar-refractivity contribution in [2.45, 2.75) is 33.4 Å². The van der Waals surface area contributed by atoms with Crippen LogP contribution in [-0.2, 0) is 9.53 Å². The molecule has 2 unspecified atom stereocenters. The maximum atomic E-state index is 12.4. The van der Waals surface area contributed by atoms with Gasteiger partial charge in [0.1, 0.15) is 0 Å². The smallest absolute Gasteiger partial charge is 0.312 e. The molecule has 2 rings (SSSR count). The number of hydrogen-bond donors (Lipinski definition) is 1. The first-order valence-electron chi connectivity index (χ1n) is 7.01. The van der Waals surface area contributed by atoms with Gasteiger partial charge in [0.05, 0.1) is 5.41 Å². The normalized spacial score (nSPS) is 22.1. The molecule has 21 heavy (non-hydrogen) atoms. The van der Waals surface area contributed by atoms with E-state index in [1.54, 1.807) is 12.1 Å². The Hall–Kier alpha value is -1.20. The molecule has 0 saturated carbocycles. The van der Waals surface area contributed by atoms with Crippen molar-refractivity contribution in [3.8, 4) is 0 Å². The van der Waals surface area contributed by atoms with E-state index in [-0.39, 0.29) is 23.9 Å². The van der Waals surface area contributed by atoms with Crippen molar-refractivity contribution >= 4 is 27.7 Å². The quantitative estimate of drug-likeness (QED) is 0.669. The van der Waals surface area contributed by atoms with E-state index in [1.165, 1.54) is 0 Å². The van der Waals surface area contributed by atoms with Gasteiger partial charge in [0, 0.05) is 28.9 Å². The second-order valence-electron chi connectivity index (χ2n) is 6.36. The predicted molar refractivity (Wildman–Crippen MR) is 83.9 cm³/mol. The summed E-state index contributed by atoms with van der Waals surface area (Å²) < 4.78 is 6.35. The highest BCUT2D eigenvalue weighted by molar-refractivity contribution is 9.10. The van der Waals surface area contributed by atoms with Gasteiger partial charge in [0.15, 0.2) is 12.0 Å². The second-order valence-corrected chi connectivity index (χ2v) is 7.27. The molecule has 0 aromatic heterocycles. The van der Waals surface area contributed by atoms with E-state index in [1.807, 2.05) is 32.9 Å². The Labute approximate surface area is 133 Å². The number of carbonyl (C=O) groups is 2. The topological polar surface area (TPSA) is 55.4 Å². The Bertz CT molecular complexity index is 533. The number of esters is 1. The van der Waals surface area contributed by atoms with Crippen LogP contribution < -0.4 is 5.32 Å². The first-order chi connectivity index (χ1) is 9.77. The molecule has 0 radical (unpaired) electrons. The third kappa shape index (κ3) is 4.14. The highest BCUT2D eigenvalue weighted by atomic mass is 79.9. The summed E-state index contributed by atoms with van der Waals surface area (Å²) in [6, 6.07) is 7.32. The summed E-state index contributed by atoms with van der Waals surface area (Å²) in [6.45, 7) is 5.98. The highest BCUT2D eigenvalue weighted by Crippen LogP contribution is 2.24. The fourth-order valence-electron chi connectivity index (χ4n) is 2.14. The van der Waals surface area contributed by atoms with Crippen LogP contribution in [0.5, 0.6) is 0 Å². The molecule has 1 aromatic carbocycles. The summed E-state index contributed by atoms with van der Waals surface area (Å²) in [4.78, 5) is 24.2. The van der Waals surface area contributed by atoms with Gasteiger partial charge in [-0.15, -0.1) is 0 Å². The fraction of sp³-hybridized carbons (Fsp3) is 0.500. The largest absolute Gasteiger partial charge is 0.446 e. The van der Waals surface area contributed by atoms with Crippen molar-refractivity contribution in [2.75, 3.05) is 6.54 Å². The first kappa shape index (κ1) is 16.2. The Morgan fingerprint density at radius 3 is 2.43 bits per heavy atom. The second kappa shape index (κ2) is 6.28. The van der Waals surface area contributed by atoms with E-state index in [2.05, 4.69) is 21.2 Å². The lowest BCUT2D eigenvalue weighted by atomic mass is 9.96. The Morgan fingerprint density at radius 1 is 1.24 bits per heavy atom. The monoisotopic (exact) mass is 353 g/mol. The standard InChI is InChI=1S/C16H20BrNO3/c1-16(2,3)15(20)21-13-8-11(9-18-13)14(19)10-4-6-12(17)7-5-10/h4-7,11,13,18H,8-9H2,1-3H3. The van der Waals surface area contributed by atoms with Crippen LogP contribution in [0.25, 0.3) is 0 Å². The average molecular weight is 354 g/mol. The van der Waals surface area contributed by atoms with Crippen molar-refractivity contribution in [2.24, 2.45) is 11.3 Å². The van der Waals surface area contributed by atoms with Crippen LogP contribution in [0, 0.1) is 11.3 Å². The first-order valence-corrected chi connectivity index (χ1v) is 7.81. The van der Waals surface area contributed by atoms with Crippen molar-refractivity contribution in [1.82, 2.24) is 5.32 Å². The van der Waals surface area contributed by atoms with Gasteiger partial charge in [-0.05, 0) is 32.9 Å². The number of halogens is 1. The molecule has 1 aromatic rings. The molecule has 1 heterocycles. The summed E-state index contributed by atoms with van der Waals surface area (Å²) in [6.07, 6.45) is 0.151. The molecule has 4 nitrogen and oxygen atoms in total. The zero-order chi connectivity index (χ0) is 15.6. The van der Waals surface area contributed by atoms with Gasteiger partial charge in [-0.25, -0.2) is 0 Å². The number of Topliss-reactive ketones (excluding diaryl/α,β-unsaturated/α-hetero) is 1. The number of ketones is 1. The van der Waals surface area contributed by atoms with E-state index in [9.17, 15) is 9.59 Å². The molecule has 1 aliphatic heterocycles. The predicted octanol–water partition coefficient (Wildman–Crippen LogP) is 3.16. The Balaban J connectivity index is 1.94. The number of nitrogens with one attached hydrogen (secondary N) is 1. The van der Waals surface area contributed by atoms with Gasteiger partial charge >= 0.3 is 5.97 Å². The lowest BCUT2D eigenvalue weighted by molar-refractivity contribution is -0.159. The SMILES string of the molecule is CC(C)(C)C(=O)OC1CC(C(=O)c2ccc(Br)cc2)CN1. The molecular weight excluding hydrogens is 334 g/mol. The third-order valence-corrected chi connectivity index (χ3v) is 3.98. The number of rotatable bonds is 3. The van der Waals surface area contributed by atoms with E-state index < -0.39 is 5.41 Å². The lowest BCUT2D eigenvalue weighted by Crippen LogP contribution is -2.33. The average Bonchev–Trinajstić information content (AvgIpc) is 2.86. The zero-order valence-electron chi connectivity index (χ0n) is 12.5. The Kier molecular flexibility index (Phi) is 4.84. The molecule has 0 bridgehead atoms. The van der Waals surface area contributed by atoms with E-state index in [0.29, 0.717) is 18.5 Å². The molecule has 0 amide bonds. The van der Waals surface area contributed by atoms with Gasteiger partial charge in [-0.3, -0.25) is 14.9 Å². The van der Waals surface area contributed by atoms with E-state index >= 15 is 0 Å². The maximum absolute atomic E-state index is 12.4. The van der Waals surface area contributed by atoms with Crippen molar-refractivity contribution in [3.63, 3.8) is 0 Å². The summed E-state index contributed by atoms with van der Waals surface area (Å²) in [7, 11) is 0. The minimum Gasteiger partial charge on any atom is -0.446 e. The maximum Gasteiger partial charge on any atom is 0.312 e. The van der Waals surface area contributed by atoms with Crippen LogP contribution in [0.4, 0.5) is 0 Å². The summed E-state index contributed by atoms with van der Waals surface area (Å²) in [5, 5.41) is 3.10. The zero-order valence-corrected chi connectivity index (χ0v) is 14.1. The van der Waals surface area contributed by atoms with Gasteiger partial charge in [0.25, 0.3) is 0 Å². The third-order valence-electron chi connectivity index (χ3n) is 3.45. The molecule has 1 N–H and O–H groups in total. The fourth-order valence-corrected chi connectivity index (χ4v) is 2.41. The number of carbonyl (C=O) groups excluding carboxylic acids is 2. The number of hydrogen-bond acceptors (Lipinski definition) is 4. The Morgan fingerprint density at radius 2 is 1.86 bits per heavy atom. The molecule has 2 atom stereocenters. The summed E-state index contributed by atoms with van der Waals surface area (Å²) in [5.74, 6) is -0.315. The van der Waals surface area contributed by atoms with Crippen LogP contribution in [-0.4, -0.2) is 24.5 Å². The van der Waals surface area contributed by atoms with Crippen LogP contribution in [0.2, 0.25) is 0 Å². The van der Waals surface area contributed by atoms with Gasteiger partial charge in [0.2, 0.25) is 0 Å². The number of ether oxygens (including phenoxy) is 1. The van der Waals surface area contributed by atoms with E-state index in [0.717, 1.165) is 4.47 Å². The highest BCUT2D eigenvalue weighted by Gasteiger charge is 2.34.